The van der Waals surface area contributed by atoms with E-state index in [2.05, 4.69) is 0 Å². The topological polar surface area (TPSA) is 46.5 Å². The lowest BCUT2D eigenvalue weighted by molar-refractivity contribution is -0.142. The molecule has 0 aliphatic rings. The molecule has 0 aromatic heterocycles. The molecule has 1 atom stereocenters. The third-order valence-corrected chi connectivity index (χ3v) is 2.52. The van der Waals surface area contributed by atoms with Crippen LogP contribution in [0.25, 0.3) is 11.1 Å². The number of carbonyl (C=O) groups is 1. The van der Waals surface area contributed by atoms with Gasteiger partial charge >= 0.3 is 5.97 Å². The maximum Gasteiger partial charge on any atom is 0.340 e. The molecule has 2 aromatic rings. The number of ether oxygens (including phenoxy) is 1. The summed E-state index contributed by atoms with van der Waals surface area (Å²) in [6.07, 6.45) is -1.11. The van der Waals surface area contributed by atoms with E-state index in [-0.39, 0.29) is 0 Å². The molecule has 2 aromatic carbocycles. The Morgan fingerprint density at radius 3 is 2.11 bits per heavy atom. The van der Waals surface area contributed by atoms with Gasteiger partial charge in [0.1, 0.15) is 11.9 Å². The van der Waals surface area contributed by atoms with E-state index in [0.717, 1.165) is 11.1 Å². The third-order valence-electron chi connectivity index (χ3n) is 2.52. The molecule has 1 unspecified atom stereocenters. The molecule has 3 heteroatoms. The quantitative estimate of drug-likeness (QED) is 0.664. The summed E-state index contributed by atoms with van der Waals surface area (Å²) in [4.78, 5) is 11.2. The molecule has 0 saturated carbocycles. The Morgan fingerprint density at radius 1 is 1.00 bits per heavy atom. The fourth-order valence-corrected chi connectivity index (χ4v) is 1.55. The van der Waals surface area contributed by atoms with Crippen molar-refractivity contribution in [2.75, 3.05) is 0 Å². The van der Waals surface area contributed by atoms with Gasteiger partial charge in [-0.25, -0.2) is 4.79 Å². The molecule has 18 heavy (non-hydrogen) atoms. The number of rotatable bonds is 3. The minimum Gasteiger partial charge on any atom is -0.425 e. The summed E-state index contributed by atoms with van der Waals surface area (Å²) >= 11 is 0. The highest BCUT2D eigenvalue weighted by molar-refractivity contribution is 5.76. The van der Waals surface area contributed by atoms with Gasteiger partial charge in [-0.15, -0.1) is 0 Å². The molecule has 0 bridgehead atoms. The zero-order chi connectivity index (χ0) is 13.0. The highest BCUT2D eigenvalue weighted by Gasteiger charge is 2.11. The average molecular weight is 242 g/mol. The Balaban J connectivity index is 2.13. The molecule has 0 saturated heterocycles. The van der Waals surface area contributed by atoms with E-state index in [9.17, 15) is 4.79 Å². The molecule has 1 N–H and O–H groups in total. The maximum atomic E-state index is 11.2. The van der Waals surface area contributed by atoms with Crippen LogP contribution in [0, 0.1) is 0 Å². The van der Waals surface area contributed by atoms with Crippen LogP contribution in [0.3, 0.4) is 0 Å². The molecular weight excluding hydrogens is 228 g/mol. The number of hydrogen-bond donors (Lipinski definition) is 1. The first-order valence-corrected chi connectivity index (χ1v) is 5.72. The second-order valence-electron chi connectivity index (χ2n) is 3.99. The van der Waals surface area contributed by atoms with Gasteiger partial charge < -0.3 is 9.84 Å². The lowest BCUT2D eigenvalue weighted by atomic mass is 10.1. The van der Waals surface area contributed by atoms with Crippen LogP contribution in [-0.4, -0.2) is 17.2 Å². The Kier molecular flexibility index (Phi) is 3.75. The fourth-order valence-electron chi connectivity index (χ4n) is 1.55. The van der Waals surface area contributed by atoms with Crippen LogP contribution < -0.4 is 4.74 Å². The summed E-state index contributed by atoms with van der Waals surface area (Å²) in [7, 11) is 0. The monoisotopic (exact) mass is 242 g/mol. The number of aliphatic hydroxyl groups is 1. The first kappa shape index (κ1) is 12.3. The minimum absolute atomic E-state index is 0.431. The number of benzene rings is 2. The smallest absolute Gasteiger partial charge is 0.340 e. The van der Waals surface area contributed by atoms with Gasteiger partial charge in [-0.2, -0.15) is 0 Å². The predicted octanol–water partition coefficient (Wildman–Crippen LogP) is 2.64. The van der Waals surface area contributed by atoms with Crippen molar-refractivity contribution in [3.05, 3.63) is 54.6 Å². The predicted molar refractivity (Wildman–Crippen MR) is 69.2 cm³/mol. The SMILES string of the molecule is CC(O)C(=O)Oc1ccc(-c2ccccc2)cc1. The van der Waals surface area contributed by atoms with Crippen LogP contribution in [0.1, 0.15) is 6.92 Å². The number of hydrogen-bond acceptors (Lipinski definition) is 3. The van der Waals surface area contributed by atoms with Crippen molar-refractivity contribution in [1.82, 2.24) is 0 Å². The summed E-state index contributed by atoms with van der Waals surface area (Å²) in [6.45, 7) is 1.38. The molecule has 0 spiro atoms. The first-order chi connectivity index (χ1) is 8.66. The van der Waals surface area contributed by atoms with E-state index >= 15 is 0 Å². The Bertz CT molecular complexity index is 515. The zero-order valence-electron chi connectivity index (χ0n) is 10.0. The van der Waals surface area contributed by atoms with Crippen LogP contribution in [0.5, 0.6) is 5.75 Å². The van der Waals surface area contributed by atoms with Crippen LogP contribution in [-0.2, 0) is 4.79 Å². The molecular formula is C15H14O3. The van der Waals surface area contributed by atoms with Crippen molar-refractivity contribution in [1.29, 1.82) is 0 Å². The van der Waals surface area contributed by atoms with E-state index in [1.54, 1.807) is 12.1 Å². The molecule has 3 nitrogen and oxygen atoms in total. The average Bonchev–Trinajstić information content (AvgIpc) is 2.40. The second-order valence-corrected chi connectivity index (χ2v) is 3.99. The lowest BCUT2D eigenvalue weighted by Crippen LogP contribution is -2.21. The Morgan fingerprint density at radius 2 is 1.56 bits per heavy atom. The Hall–Kier alpha value is -2.13. The third kappa shape index (κ3) is 2.96. The van der Waals surface area contributed by atoms with E-state index < -0.39 is 12.1 Å². The molecule has 0 heterocycles. The summed E-state index contributed by atoms with van der Waals surface area (Å²) in [5, 5.41) is 9.04. The molecule has 92 valence electrons. The minimum atomic E-state index is -1.11. The summed E-state index contributed by atoms with van der Waals surface area (Å²) in [5.41, 5.74) is 2.15. The maximum absolute atomic E-state index is 11.2. The molecule has 0 amide bonds. The van der Waals surface area contributed by atoms with Gasteiger partial charge in [0.05, 0.1) is 0 Å². The van der Waals surface area contributed by atoms with Crippen LogP contribution in [0.15, 0.2) is 54.6 Å². The van der Waals surface area contributed by atoms with Gasteiger partial charge in [-0.3, -0.25) is 0 Å². The second kappa shape index (κ2) is 5.47. The van der Waals surface area contributed by atoms with Crippen LogP contribution >= 0.6 is 0 Å². The molecule has 0 radical (unpaired) electrons. The van der Waals surface area contributed by atoms with Crippen molar-refractivity contribution in [3.63, 3.8) is 0 Å². The number of esters is 1. The highest BCUT2D eigenvalue weighted by atomic mass is 16.5. The van der Waals surface area contributed by atoms with E-state index in [1.165, 1.54) is 6.92 Å². The Labute approximate surface area is 106 Å². The summed E-state index contributed by atoms with van der Waals surface area (Å²) in [6, 6.07) is 17.1. The zero-order valence-corrected chi connectivity index (χ0v) is 10.0. The molecule has 2 rings (SSSR count). The van der Waals surface area contributed by atoms with E-state index in [4.69, 9.17) is 9.84 Å². The van der Waals surface area contributed by atoms with Crippen LogP contribution in [0.2, 0.25) is 0 Å². The van der Waals surface area contributed by atoms with Gasteiger partial charge in [-0.1, -0.05) is 42.5 Å². The standard InChI is InChI=1S/C15H14O3/c1-11(16)15(17)18-14-9-7-13(8-10-14)12-5-3-2-4-6-12/h2-11,16H,1H3. The molecule has 0 aliphatic carbocycles. The summed E-state index contributed by atoms with van der Waals surface area (Å²) < 4.78 is 4.98. The fraction of sp³-hybridized carbons (Fsp3) is 0.133. The number of carbonyl (C=O) groups excluding carboxylic acids is 1. The van der Waals surface area contributed by atoms with Crippen molar-refractivity contribution in [3.8, 4) is 16.9 Å². The normalized spacial score (nSPS) is 11.9. The summed E-state index contributed by atoms with van der Waals surface area (Å²) in [5.74, 6) is -0.219. The highest BCUT2D eigenvalue weighted by Crippen LogP contribution is 2.22. The van der Waals surface area contributed by atoms with Gasteiger partial charge in [-0.05, 0) is 30.2 Å². The van der Waals surface area contributed by atoms with Gasteiger partial charge in [0, 0.05) is 0 Å². The van der Waals surface area contributed by atoms with Crippen LogP contribution in [0.4, 0.5) is 0 Å². The first-order valence-electron chi connectivity index (χ1n) is 5.72. The molecule has 0 fully saturated rings. The van der Waals surface area contributed by atoms with Gasteiger partial charge in [0.15, 0.2) is 0 Å². The van der Waals surface area contributed by atoms with E-state index in [1.807, 2.05) is 42.5 Å². The lowest BCUT2D eigenvalue weighted by Gasteiger charge is -2.07. The van der Waals surface area contributed by atoms with Crippen molar-refractivity contribution >= 4 is 5.97 Å². The van der Waals surface area contributed by atoms with Crippen molar-refractivity contribution < 1.29 is 14.6 Å². The largest absolute Gasteiger partial charge is 0.425 e. The van der Waals surface area contributed by atoms with Crippen molar-refractivity contribution in [2.45, 2.75) is 13.0 Å². The van der Waals surface area contributed by atoms with Gasteiger partial charge in [0.2, 0.25) is 0 Å². The number of aliphatic hydroxyl groups excluding tert-OH is 1. The van der Waals surface area contributed by atoms with E-state index in [0.29, 0.717) is 5.75 Å². The molecule has 0 aliphatic heterocycles. The van der Waals surface area contributed by atoms with Crippen molar-refractivity contribution in [2.24, 2.45) is 0 Å². The van der Waals surface area contributed by atoms with Gasteiger partial charge in [0.25, 0.3) is 0 Å².